The van der Waals surface area contributed by atoms with E-state index < -0.39 is 0 Å². The molecular formula is C18H18IN. The lowest BCUT2D eigenvalue weighted by molar-refractivity contribution is 0.675. The monoisotopic (exact) mass is 375 g/mol. The molecular weight excluding hydrogens is 357 g/mol. The van der Waals surface area contributed by atoms with Crippen LogP contribution < -0.4 is 0 Å². The van der Waals surface area contributed by atoms with Crippen molar-refractivity contribution in [3.8, 4) is 11.8 Å². The molecule has 0 bridgehead atoms. The van der Waals surface area contributed by atoms with Crippen molar-refractivity contribution in [1.29, 1.82) is 0 Å². The van der Waals surface area contributed by atoms with Gasteiger partial charge >= 0.3 is 0 Å². The van der Waals surface area contributed by atoms with Crippen molar-refractivity contribution in [3.63, 3.8) is 0 Å². The predicted octanol–water partition coefficient (Wildman–Crippen LogP) is 4.97. The summed E-state index contributed by atoms with van der Waals surface area (Å²) < 4.78 is 0.872. The van der Waals surface area contributed by atoms with Crippen LogP contribution in [0.4, 0.5) is 0 Å². The molecule has 1 aliphatic rings. The Bertz CT molecular complexity index is 649. The Balaban J connectivity index is 1.54. The van der Waals surface area contributed by atoms with Crippen molar-refractivity contribution in [2.24, 2.45) is 5.92 Å². The van der Waals surface area contributed by atoms with Crippen LogP contribution in [0.15, 0.2) is 36.5 Å². The highest BCUT2D eigenvalue weighted by Gasteiger charge is 2.28. The molecule has 1 aromatic carbocycles. The fourth-order valence-corrected chi connectivity index (χ4v) is 3.54. The molecule has 0 saturated heterocycles. The zero-order valence-corrected chi connectivity index (χ0v) is 13.6. The van der Waals surface area contributed by atoms with Gasteiger partial charge in [0.15, 0.2) is 0 Å². The van der Waals surface area contributed by atoms with E-state index in [1.807, 2.05) is 24.4 Å². The first kappa shape index (κ1) is 13.9. The molecule has 1 aromatic heterocycles. The Morgan fingerprint density at radius 3 is 3.00 bits per heavy atom. The first-order valence-corrected chi connectivity index (χ1v) is 8.55. The Labute approximate surface area is 134 Å². The summed E-state index contributed by atoms with van der Waals surface area (Å²) in [5, 5.41) is 1.17. The first-order chi connectivity index (χ1) is 9.83. The molecule has 1 atom stereocenters. The smallest absolute Gasteiger partial charge is 0.0702 e. The molecule has 1 unspecified atom stereocenters. The van der Waals surface area contributed by atoms with E-state index in [2.05, 4.69) is 51.5 Å². The van der Waals surface area contributed by atoms with E-state index in [0.29, 0.717) is 0 Å². The van der Waals surface area contributed by atoms with Crippen LogP contribution in [0.3, 0.4) is 0 Å². The van der Waals surface area contributed by atoms with Gasteiger partial charge < -0.3 is 0 Å². The van der Waals surface area contributed by atoms with E-state index >= 15 is 0 Å². The van der Waals surface area contributed by atoms with E-state index in [-0.39, 0.29) is 0 Å². The number of benzene rings is 1. The maximum Gasteiger partial charge on any atom is 0.0702 e. The Morgan fingerprint density at radius 1 is 1.30 bits per heavy atom. The Kier molecular flexibility index (Phi) is 4.57. The average molecular weight is 375 g/mol. The molecule has 1 aliphatic carbocycles. The predicted molar refractivity (Wildman–Crippen MR) is 93.0 cm³/mol. The zero-order chi connectivity index (χ0) is 13.8. The summed E-state index contributed by atoms with van der Waals surface area (Å²) in [4.78, 5) is 4.44. The summed E-state index contributed by atoms with van der Waals surface area (Å²) in [7, 11) is 0. The standard InChI is InChI=1S/C18H18IN/c19-17(15-10-11-15)8-3-1-2-6-14-12-16-7-4-5-9-18(16)20-13-14/h4-5,7,9,12-13,15,17H,1,3,8,10-11H2. The van der Waals surface area contributed by atoms with Gasteiger partial charge in [-0.25, -0.2) is 0 Å². The minimum atomic E-state index is 0.872. The number of aromatic nitrogens is 1. The minimum Gasteiger partial charge on any atom is -0.255 e. The zero-order valence-electron chi connectivity index (χ0n) is 11.5. The summed E-state index contributed by atoms with van der Waals surface area (Å²) in [6, 6.07) is 10.3. The molecule has 0 amide bonds. The van der Waals surface area contributed by atoms with Gasteiger partial charge in [0.1, 0.15) is 0 Å². The molecule has 1 saturated carbocycles. The quantitative estimate of drug-likeness (QED) is 0.318. The van der Waals surface area contributed by atoms with Crippen LogP contribution in [0.2, 0.25) is 0 Å². The molecule has 102 valence electrons. The summed E-state index contributed by atoms with van der Waals surface area (Å²) in [6.45, 7) is 0. The van der Waals surface area contributed by atoms with Crippen molar-refractivity contribution in [2.75, 3.05) is 0 Å². The lowest BCUT2D eigenvalue weighted by Crippen LogP contribution is -1.98. The van der Waals surface area contributed by atoms with Gasteiger partial charge in [0, 0.05) is 27.5 Å². The molecule has 2 aromatic rings. The number of fused-ring (bicyclic) bond motifs is 1. The third kappa shape index (κ3) is 3.73. The highest BCUT2D eigenvalue weighted by atomic mass is 127. The van der Waals surface area contributed by atoms with Crippen molar-refractivity contribution in [3.05, 3.63) is 42.1 Å². The van der Waals surface area contributed by atoms with Crippen molar-refractivity contribution in [1.82, 2.24) is 4.98 Å². The normalized spacial score (nSPS) is 15.7. The minimum absolute atomic E-state index is 0.872. The van der Waals surface area contributed by atoms with Gasteiger partial charge in [-0.15, -0.1) is 0 Å². The van der Waals surface area contributed by atoms with Crippen LogP contribution in [-0.4, -0.2) is 8.91 Å². The number of para-hydroxylation sites is 1. The molecule has 1 heterocycles. The van der Waals surface area contributed by atoms with Crippen LogP contribution in [0.25, 0.3) is 10.9 Å². The number of hydrogen-bond acceptors (Lipinski definition) is 1. The van der Waals surface area contributed by atoms with E-state index in [1.165, 1.54) is 31.1 Å². The van der Waals surface area contributed by atoms with Crippen LogP contribution in [0, 0.1) is 17.8 Å². The first-order valence-electron chi connectivity index (χ1n) is 7.31. The number of unbranched alkanes of at least 4 members (excludes halogenated alkanes) is 1. The summed E-state index contributed by atoms with van der Waals surface area (Å²) in [5.74, 6) is 7.54. The second-order valence-corrected chi connectivity index (χ2v) is 7.06. The van der Waals surface area contributed by atoms with Gasteiger partial charge in [0.2, 0.25) is 0 Å². The summed E-state index contributed by atoms with van der Waals surface area (Å²) >= 11 is 2.61. The van der Waals surface area contributed by atoms with Gasteiger partial charge in [0.05, 0.1) is 5.52 Å². The lowest BCUT2D eigenvalue weighted by atomic mass is 10.1. The fourth-order valence-electron chi connectivity index (χ4n) is 2.38. The molecule has 0 N–H and O–H groups in total. The molecule has 0 radical (unpaired) electrons. The fraction of sp³-hybridized carbons (Fsp3) is 0.389. The molecule has 1 nitrogen and oxygen atoms in total. The van der Waals surface area contributed by atoms with Crippen molar-refractivity contribution < 1.29 is 0 Å². The summed E-state index contributed by atoms with van der Waals surface area (Å²) in [6.07, 6.45) is 8.30. The molecule has 0 spiro atoms. The highest BCUT2D eigenvalue weighted by molar-refractivity contribution is 14.1. The van der Waals surface area contributed by atoms with E-state index in [0.717, 1.165) is 27.3 Å². The Morgan fingerprint density at radius 2 is 2.15 bits per heavy atom. The lowest BCUT2D eigenvalue weighted by Gasteiger charge is -2.04. The van der Waals surface area contributed by atoms with Gasteiger partial charge in [-0.1, -0.05) is 52.6 Å². The van der Waals surface area contributed by atoms with Crippen molar-refractivity contribution in [2.45, 2.75) is 36.0 Å². The summed E-state index contributed by atoms with van der Waals surface area (Å²) in [5.41, 5.74) is 2.06. The van der Waals surface area contributed by atoms with Crippen molar-refractivity contribution >= 4 is 33.5 Å². The average Bonchev–Trinajstić information content (AvgIpc) is 3.31. The molecule has 1 fully saturated rings. The van der Waals surface area contributed by atoms with Gasteiger partial charge in [-0.2, -0.15) is 0 Å². The highest BCUT2D eigenvalue weighted by Crippen LogP contribution is 2.39. The third-order valence-corrected chi connectivity index (χ3v) is 5.38. The number of rotatable bonds is 4. The third-order valence-electron chi connectivity index (χ3n) is 3.74. The number of alkyl halides is 1. The largest absolute Gasteiger partial charge is 0.255 e. The maximum atomic E-state index is 4.44. The van der Waals surface area contributed by atoms with Crippen LogP contribution in [-0.2, 0) is 0 Å². The SMILES string of the molecule is IC(CCCC#Cc1cnc2ccccc2c1)C1CC1. The topological polar surface area (TPSA) is 12.9 Å². The van der Waals surface area contributed by atoms with E-state index in [1.54, 1.807) is 0 Å². The van der Waals surface area contributed by atoms with E-state index in [9.17, 15) is 0 Å². The number of nitrogens with zero attached hydrogens (tertiary/aromatic N) is 1. The number of halogens is 1. The van der Waals surface area contributed by atoms with E-state index in [4.69, 9.17) is 0 Å². The van der Waals surface area contributed by atoms with Gasteiger partial charge in [0.25, 0.3) is 0 Å². The molecule has 20 heavy (non-hydrogen) atoms. The van der Waals surface area contributed by atoms with Crippen LogP contribution in [0.1, 0.15) is 37.7 Å². The Hall–Kier alpha value is -1.08. The second-order valence-electron chi connectivity index (χ2n) is 5.46. The molecule has 0 aliphatic heterocycles. The van der Waals surface area contributed by atoms with Gasteiger partial charge in [-0.05, 0) is 43.7 Å². The molecule has 3 rings (SSSR count). The van der Waals surface area contributed by atoms with Crippen LogP contribution >= 0.6 is 22.6 Å². The number of hydrogen-bond donors (Lipinski definition) is 0. The second kappa shape index (κ2) is 6.58. The number of pyridine rings is 1. The van der Waals surface area contributed by atoms with Crippen LogP contribution in [0.5, 0.6) is 0 Å². The molecule has 2 heteroatoms. The maximum absolute atomic E-state index is 4.44. The van der Waals surface area contributed by atoms with Gasteiger partial charge in [-0.3, -0.25) is 4.98 Å².